The number of carbonyl (C=O) groups is 2. The van der Waals surface area contributed by atoms with Crippen LogP contribution < -0.4 is 11.1 Å². The van der Waals surface area contributed by atoms with Crippen molar-refractivity contribution in [1.29, 1.82) is 0 Å². The Hall–Kier alpha value is -2.43. The number of fused-ring (bicyclic) bond motifs is 1. The Morgan fingerprint density at radius 3 is 2.60 bits per heavy atom. The molecule has 1 unspecified atom stereocenters. The van der Waals surface area contributed by atoms with Crippen LogP contribution in [0.3, 0.4) is 0 Å². The average Bonchev–Trinajstić information content (AvgIpc) is 2.38. The van der Waals surface area contributed by atoms with Crippen LogP contribution >= 0.6 is 0 Å². The van der Waals surface area contributed by atoms with E-state index in [1.165, 1.54) is 0 Å². The van der Waals surface area contributed by atoms with E-state index in [0.717, 1.165) is 22.2 Å². The average molecular weight is 271 g/mol. The number of nitrogens with one attached hydrogen (secondary N) is 1. The molecule has 0 bridgehead atoms. The molecule has 0 aliphatic carbocycles. The number of amides is 2. The molecule has 2 rings (SSSR count). The third kappa shape index (κ3) is 2.77. The fourth-order valence-electron chi connectivity index (χ4n) is 2.01. The van der Waals surface area contributed by atoms with Crippen molar-refractivity contribution in [3.05, 3.63) is 41.1 Å². The van der Waals surface area contributed by atoms with Gasteiger partial charge in [0.1, 0.15) is 6.04 Å². The van der Waals surface area contributed by atoms with Crippen LogP contribution in [-0.2, 0) is 4.79 Å². The van der Waals surface area contributed by atoms with E-state index >= 15 is 0 Å². The van der Waals surface area contributed by atoms with Gasteiger partial charge in [0.25, 0.3) is 5.91 Å². The standard InChI is InChI=1S/C15H17N3O2/c1-8-4-5-13-11(6-8)12(7-9(2)17-13)15(20)18-10(3)14(16)19/h4-7,10H,1-3H3,(H2,16,19)(H,18,20). The number of primary amides is 1. The summed E-state index contributed by atoms with van der Waals surface area (Å²) < 4.78 is 0. The van der Waals surface area contributed by atoms with E-state index in [1.54, 1.807) is 13.0 Å². The quantitative estimate of drug-likeness (QED) is 0.886. The second kappa shape index (κ2) is 5.28. The molecule has 1 atom stereocenters. The summed E-state index contributed by atoms with van der Waals surface area (Å²) in [4.78, 5) is 27.7. The Morgan fingerprint density at radius 2 is 1.95 bits per heavy atom. The minimum absolute atomic E-state index is 0.322. The summed E-state index contributed by atoms with van der Waals surface area (Å²) in [5, 5.41) is 3.36. The summed E-state index contributed by atoms with van der Waals surface area (Å²) in [6.45, 7) is 5.34. The molecule has 3 N–H and O–H groups in total. The number of benzene rings is 1. The van der Waals surface area contributed by atoms with Crippen molar-refractivity contribution in [3.63, 3.8) is 0 Å². The molecular formula is C15H17N3O2. The van der Waals surface area contributed by atoms with Gasteiger partial charge in [0.15, 0.2) is 0 Å². The minimum atomic E-state index is -0.712. The van der Waals surface area contributed by atoms with Gasteiger partial charge < -0.3 is 11.1 Å². The van der Waals surface area contributed by atoms with Crippen molar-refractivity contribution in [2.75, 3.05) is 0 Å². The molecule has 2 aromatic rings. The summed E-state index contributed by atoms with van der Waals surface area (Å²) >= 11 is 0. The summed E-state index contributed by atoms with van der Waals surface area (Å²) in [5.41, 5.74) is 8.21. The lowest BCUT2D eigenvalue weighted by Gasteiger charge is -2.12. The second-order valence-corrected chi connectivity index (χ2v) is 4.93. The molecule has 1 heterocycles. The van der Waals surface area contributed by atoms with E-state index in [1.807, 2.05) is 32.0 Å². The molecule has 0 radical (unpaired) electrons. The van der Waals surface area contributed by atoms with Gasteiger partial charge in [-0.05, 0) is 39.0 Å². The van der Waals surface area contributed by atoms with Crippen molar-refractivity contribution in [1.82, 2.24) is 10.3 Å². The van der Waals surface area contributed by atoms with E-state index in [4.69, 9.17) is 5.73 Å². The van der Waals surface area contributed by atoms with Gasteiger partial charge in [-0.15, -0.1) is 0 Å². The first kappa shape index (κ1) is 14.0. The minimum Gasteiger partial charge on any atom is -0.368 e. The molecular weight excluding hydrogens is 254 g/mol. The van der Waals surface area contributed by atoms with Gasteiger partial charge in [-0.25, -0.2) is 0 Å². The van der Waals surface area contributed by atoms with Crippen LogP contribution in [0, 0.1) is 13.8 Å². The molecule has 1 aromatic carbocycles. The van der Waals surface area contributed by atoms with Crippen LogP contribution in [0.15, 0.2) is 24.3 Å². The zero-order valence-corrected chi connectivity index (χ0v) is 11.7. The van der Waals surface area contributed by atoms with E-state index in [2.05, 4.69) is 10.3 Å². The monoisotopic (exact) mass is 271 g/mol. The summed E-state index contributed by atoms with van der Waals surface area (Å²) in [5.74, 6) is -0.887. The van der Waals surface area contributed by atoms with Gasteiger partial charge in [0, 0.05) is 11.1 Å². The highest BCUT2D eigenvalue weighted by Crippen LogP contribution is 2.20. The number of hydrogen-bond donors (Lipinski definition) is 2. The van der Waals surface area contributed by atoms with Gasteiger partial charge in [0.2, 0.25) is 5.91 Å². The highest BCUT2D eigenvalue weighted by Gasteiger charge is 2.16. The van der Waals surface area contributed by atoms with E-state index in [-0.39, 0.29) is 5.91 Å². The van der Waals surface area contributed by atoms with Crippen molar-refractivity contribution in [2.45, 2.75) is 26.8 Å². The molecule has 0 spiro atoms. The normalized spacial score (nSPS) is 12.2. The Morgan fingerprint density at radius 1 is 1.25 bits per heavy atom. The first-order valence-electron chi connectivity index (χ1n) is 6.36. The third-order valence-corrected chi connectivity index (χ3v) is 3.11. The number of nitrogens with zero attached hydrogens (tertiary/aromatic N) is 1. The molecule has 104 valence electrons. The number of rotatable bonds is 3. The summed E-state index contributed by atoms with van der Waals surface area (Å²) in [6, 6.07) is 6.74. The highest BCUT2D eigenvalue weighted by molar-refractivity contribution is 6.07. The number of aryl methyl sites for hydroxylation is 2. The van der Waals surface area contributed by atoms with Crippen LogP contribution in [-0.4, -0.2) is 22.8 Å². The van der Waals surface area contributed by atoms with Crippen LogP contribution in [0.1, 0.15) is 28.5 Å². The van der Waals surface area contributed by atoms with Crippen molar-refractivity contribution in [2.24, 2.45) is 5.73 Å². The van der Waals surface area contributed by atoms with Crippen molar-refractivity contribution in [3.8, 4) is 0 Å². The maximum Gasteiger partial charge on any atom is 0.252 e. The Labute approximate surface area is 117 Å². The summed E-state index contributed by atoms with van der Waals surface area (Å²) in [7, 11) is 0. The molecule has 0 aliphatic heterocycles. The molecule has 0 fully saturated rings. The van der Waals surface area contributed by atoms with Gasteiger partial charge in [-0.2, -0.15) is 0 Å². The predicted octanol–water partition coefficient (Wildman–Crippen LogP) is 1.46. The van der Waals surface area contributed by atoms with Gasteiger partial charge >= 0.3 is 0 Å². The lowest BCUT2D eigenvalue weighted by Crippen LogP contribution is -2.42. The number of aromatic nitrogens is 1. The molecule has 20 heavy (non-hydrogen) atoms. The third-order valence-electron chi connectivity index (χ3n) is 3.11. The van der Waals surface area contributed by atoms with Crippen LogP contribution in [0.5, 0.6) is 0 Å². The number of hydrogen-bond acceptors (Lipinski definition) is 3. The zero-order chi connectivity index (χ0) is 14.9. The molecule has 0 aliphatic rings. The zero-order valence-electron chi connectivity index (χ0n) is 11.7. The molecule has 2 amide bonds. The Kier molecular flexibility index (Phi) is 3.70. The van der Waals surface area contributed by atoms with Crippen molar-refractivity contribution >= 4 is 22.7 Å². The SMILES string of the molecule is Cc1ccc2nc(C)cc(C(=O)NC(C)C(N)=O)c2c1. The maximum atomic E-state index is 12.3. The first-order chi connectivity index (χ1) is 9.38. The molecule has 1 aromatic heterocycles. The fourth-order valence-corrected chi connectivity index (χ4v) is 2.01. The maximum absolute atomic E-state index is 12.3. The molecule has 5 heteroatoms. The van der Waals surface area contributed by atoms with E-state index < -0.39 is 11.9 Å². The molecule has 0 saturated heterocycles. The number of pyridine rings is 1. The highest BCUT2D eigenvalue weighted by atomic mass is 16.2. The van der Waals surface area contributed by atoms with E-state index in [9.17, 15) is 9.59 Å². The summed E-state index contributed by atoms with van der Waals surface area (Å²) in [6.07, 6.45) is 0. The lowest BCUT2D eigenvalue weighted by atomic mass is 10.0. The second-order valence-electron chi connectivity index (χ2n) is 4.93. The van der Waals surface area contributed by atoms with Crippen molar-refractivity contribution < 1.29 is 9.59 Å². The smallest absolute Gasteiger partial charge is 0.252 e. The van der Waals surface area contributed by atoms with Crippen LogP contribution in [0.25, 0.3) is 10.9 Å². The van der Waals surface area contributed by atoms with E-state index in [0.29, 0.717) is 5.56 Å². The topological polar surface area (TPSA) is 85.1 Å². The first-order valence-corrected chi connectivity index (χ1v) is 6.36. The van der Waals surface area contributed by atoms with Gasteiger partial charge in [-0.3, -0.25) is 14.6 Å². The largest absolute Gasteiger partial charge is 0.368 e. The fraction of sp³-hybridized carbons (Fsp3) is 0.267. The lowest BCUT2D eigenvalue weighted by molar-refractivity contribution is -0.119. The van der Waals surface area contributed by atoms with Gasteiger partial charge in [-0.1, -0.05) is 11.6 Å². The molecule has 0 saturated carbocycles. The Balaban J connectivity index is 2.50. The van der Waals surface area contributed by atoms with Crippen LogP contribution in [0.2, 0.25) is 0 Å². The predicted molar refractivity (Wildman–Crippen MR) is 77.3 cm³/mol. The number of carbonyl (C=O) groups excluding carboxylic acids is 2. The van der Waals surface area contributed by atoms with Gasteiger partial charge in [0.05, 0.1) is 11.1 Å². The number of nitrogens with two attached hydrogens (primary N) is 1. The Bertz CT molecular complexity index is 695. The van der Waals surface area contributed by atoms with Crippen LogP contribution in [0.4, 0.5) is 0 Å². The molecule has 5 nitrogen and oxygen atoms in total.